The van der Waals surface area contributed by atoms with Crippen molar-refractivity contribution < 1.29 is 0 Å². The molecular formula is C13H24N2. The molecule has 0 aliphatic heterocycles. The fraction of sp³-hybridized carbons (Fsp3) is 0.692. The van der Waals surface area contributed by atoms with Crippen molar-refractivity contribution >= 4 is 0 Å². The Labute approximate surface area is 93.7 Å². The van der Waals surface area contributed by atoms with E-state index in [9.17, 15) is 0 Å². The monoisotopic (exact) mass is 208 g/mol. The highest BCUT2D eigenvalue weighted by Gasteiger charge is 2.09. The molecule has 0 aliphatic carbocycles. The summed E-state index contributed by atoms with van der Waals surface area (Å²) < 4.78 is 2.43. The molecule has 2 heteroatoms. The zero-order valence-electron chi connectivity index (χ0n) is 10.7. The smallest absolute Gasteiger partial charge is 0.0247 e. The standard InChI is InChI=1S/C13H24N2/c1-6-14-8-13-7-11(4)15(12(13)5)9-10(2)3/h7,10,14H,6,8-9H2,1-5H3. The van der Waals surface area contributed by atoms with Gasteiger partial charge in [-0.3, -0.25) is 0 Å². The Balaban J connectivity index is 2.83. The van der Waals surface area contributed by atoms with Gasteiger partial charge in [-0.05, 0) is 37.9 Å². The number of aryl methyl sites for hydroxylation is 1. The third kappa shape index (κ3) is 3.10. The van der Waals surface area contributed by atoms with E-state index < -0.39 is 0 Å². The van der Waals surface area contributed by atoms with Crippen LogP contribution in [0, 0.1) is 19.8 Å². The molecule has 0 fully saturated rings. The highest BCUT2D eigenvalue weighted by atomic mass is 15.0. The lowest BCUT2D eigenvalue weighted by molar-refractivity contribution is 0.508. The fourth-order valence-electron chi connectivity index (χ4n) is 1.96. The zero-order valence-corrected chi connectivity index (χ0v) is 10.7. The van der Waals surface area contributed by atoms with E-state index in [0.717, 1.165) is 19.6 Å². The van der Waals surface area contributed by atoms with Gasteiger partial charge in [0, 0.05) is 24.5 Å². The van der Waals surface area contributed by atoms with Crippen LogP contribution in [-0.4, -0.2) is 11.1 Å². The number of aromatic nitrogens is 1. The summed E-state index contributed by atoms with van der Waals surface area (Å²) >= 11 is 0. The van der Waals surface area contributed by atoms with Gasteiger partial charge in [0.25, 0.3) is 0 Å². The van der Waals surface area contributed by atoms with Gasteiger partial charge in [0.1, 0.15) is 0 Å². The maximum atomic E-state index is 3.39. The predicted octanol–water partition coefficient (Wildman–Crippen LogP) is 2.87. The number of hydrogen-bond acceptors (Lipinski definition) is 1. The highest BCUT2D eigenvalue weighted by molar-refractivity contribution is 5.26. The molecule has 0 amide bonds. The molecule has 1 N–H and O–H groups in total. The van der Waals surface area contributed by atoms with Gasteiger partial charge in [-0.2, -0.15) is 0 Å². The molecular weight excluding hydrogens is 184 g/mol. The summed E-state index contributed by atoms with van der Waals surface area (Å²) in [6.45, 7) is 14.3. The molecule has 0 radical (unpaired) electrons. The van der Waals surface area contributed by atoms with E-state index in [2.05, 4.69) is 50.6 Å². The third-order valence-electron chi connectivity index (χ3n) is 2.79. The van der Waals surface area contributed by atoms with Crippen LogP contribution in [0.5, 0.6) is 0 Å². The van der Waals surface area contributed by atoms with Crippen LogP contribution in [0.1, 0.15) is 37.7 Å². The van der Waals surface area contributed by atoms with Crippen LogP contribution in [0.3, 0.4) is 0 Å². The maximum absolute atomic E-state index is 3.39. The van der Waals surface area contributed by atoms with Gasteiger partial charge in [0.05, 0.1) is 0 Å². The minimum atomic E-state index is 0.710. The minimum absolute atomic E-state index is 0.710. The number of nitrogens with one attached hydrogen (secondary N) is 1. The average Bonchev–Trinajstić information content (AvgIpc) is 2.42. The number of nitrogens with zero attached hydrogens (tertiary/aromatic N) is 1. The summed E-state index contributed by atoms with van der Waals surface area (Å²) in [4.78, 5) is 0. The van der Waals surface area contributed by atoms with Gasteiger partial charge < -0.3 is 9.88 Å². The SMILES string of the molecule is CCNCc1cc(C)n(CC(C)C)c1C. The summed E-state index contributed by atoms with van der Waals surface area (Å²) in [5.74, 6) is 0.710. The van der Waals surface area contributed by atoms with Crippen molar-refractivity contribution in [3.63, 3.8) is 0 Å². The van der Waals surface area contributed by atoms with Crippen LogP contribution >= 0.6 is 0 Å². The Morgan fingerprint density at radius 3 is 2.53 bits per heavy atom. The van der Waals surface area contributed by atoms with Gasteiger partial charge in [-0.25, -0.2) is 0 Å². The van der Waals surface area contributed by atoms with E-state index in [1.807, 2.05) is 0 Å². The van der Waals surface area contributed by atoms with Gasteiger partial charge in [-0.15, -0.1) is 0 Å². The van der Waals surface area contributed by atoms with Crippen molar-refractivity contribution in [3.05, 3.63) is 23.0 Å². The number of hydrogen-bond donors (Lipinski definition) is 1. The summed E-state index contributed by atoms with van der Waals surface area (Å²) in [6.07, 6.45) is 0. The van der Waals surface area contributed by atoms with Crippen LogP contribution in [0.25, 0.3) is 0 Å². The van der Waals surface area contributed by atoms with Crippen molar-refractivity contribution in [2.75, 3.05) is 6.54 Å². The Morgan fingerprint density at radius 2 is 2.00 bits per heavy atom. The summed E-state index contributed by atoms with van der Waals surface area (Å²) in [5, 5.41) is 3.39. The van der Waals surface area contributed by atoms with Crippen LogP contribution in [0.4, 0.5) is 0 Å². The van der Waals surface area contributed by atoms with Crippen LogP contribution in [-0.2, 0) is 13.1 Å². The van der Waals surface area contributed by atoms with Crippen molar-refractivity contribution in [3.8, 4) is 0 Å². The lowest BCUT2D eigenvalue weighted by Crippen LogP contribution is -2.13. The van der Waals surface area contributed by atoms with Crippen LogP contribution in [0.2, 0.25) is 0 Å². The molecule has 0 saturated carbocycles. The summed E-state index contributed by atoms with van der Waals surface area (Å²) in [5.41, 5.74) is 4.24. The molecule has 86 valence electrons. The molecule has 1 heterocycles. The molecule has 0 unspecified atom stereocenters. The molecule has 0 atom stereocenters. The van der Waals surface area contributed by atoms with Crippen LogP contribution < -0.4 is 5.32 Å². The van der Waals surface area contributed by atoms with Gasteiger partial charge in [0.15, 0.2) is 0 Å². The minimum Gasteiger partial charge on any atom is -0.349 e. The molecule has 0 spiro atoms. The second kappa shape index (κ2) is 5.36. The van der Waals surface area contributed by atoms with E-state index in [1.54, 1.807) is 0 Å². The highest BCUT2D eigenvalue weighted by Crippen LogP contribution is 2.16. The number of rotatable bonds is 5. The van der Waals surface area contributed by atoms with Gasteiger partial charge in [-0.1, -0.05) is 20.8 Å². The Hall–Kier alpha value is -0.760. The summed E-state index contributed by atoms with van der Waals surface area (Å²) in [6, 6.07) is 2.31. The van der Waals surface area contributed by atoms with E-state index in [0.29, 0.717) is 5.92 Å². The largest absolute Gasteiger partial charge is 0.349 e. The van der Waals surface area contributed by atoms with Gasteiger partial charge >= 0.3 is 0 Å². The quantitative estimate of drug-likeness (QED) is 0.787. The van der Waals surface area contributed by atoms with E-state index in [4.69, 9.17) is 0 Å². The average molecular weight is 208 g/mol. The van der Waals surface area contributed by atoms with Crippen molar-refractivity contribution in [1.29, 1.82) is 0 Å². The molecule has 1 rings (SSSR count). The Morgan fingerprint density at radius 1 is 1.33 bits per heavy atom. The Bertz CT molecular complexity index is 311. The molecule has 0 bridgehead atoms. The molecule has 1 aromatic heterocycles. The molecule has 0 aliphatic rings. The topological polar surface area (TPSA) is 17.0 Å². The van der Waals surface area contributed by atoms with Crippen molar-refractivity contribution in [1.82, 2.24) is 9.88 Å². The zero-order chi connectivity index (χ0) is 11.4. The molecule has 1 aromatic rings. The van der Waals surface area contributed by atoms with E-state index in [1.165, 1.54) is 17.0 Å². The first kappa shape index (κ1) is 12.3. The first-order valence-electron chi connectivity index (χ1n) is 5.92. The first-order valence-corrected chi connectivity index (χ1v) is 5.92. The predicted molar refractivity (Wildman–Crippen MR) is 66.1 cm³/mol. The lowest BCUT2D eigenvalue weighted by Gasteiger charge is -2.12. The fourth-order valence-corrected chi connectivity index (χ4v) is 1.96. The first-order chi connectivity index (χ1) is 7.06. The maximum Gasteiger partial charge on any atom is 0.0247 e. The van der Waals surface area contributed by atoms with Crippen molar-refractivity contribution in [2.24, 2.45) is 5.92 Å². The summed E-state index contributed by atoms with van der Waals surface area (Å²) in [7, 11) is 0. The van der Waals surface area contributed by atoms with Crippen molar-refractivity contribution in [2.45, 2.75) is 47.7 Å². The second-order valence-corrected chi connectivity index (χ2v) is 4.68. The van der Waals surface area contributed by atoms with Crippen LogP contribution in [0.15, 0.2) is 6.07 Å². The normalized spacial score (nSPS) is 11.3. The van der Waals surface area contributed by atoms with Gasteiger partial charge in [0.2, 0.25) is 0 Å². The molecule has 15 heavy (non-hydrogen) atoms. The molecule has 0 saturated heterocycles. The molecule has 0 aromatic carbocycles. The van der Waals surface area contributed by atoms with E-state index >= 15 is 0 Å². The lowest BCUT2D eigenvalue weighted by atomic mass is 10.2. The van der Waals surface area contributed by atoms with E-state index in [-0.39, 0.29) is 0 Å². The third-order valence-corrected chi connectivity index (χ3v) is 2.79. The Kier molecular flexibility index (Phi) is 4.40. The second-order valence-electron chi connectivity index (χ2n) is 4.68. The molecule has 2 nitrogen and oxygen atoms in total.